The van der Waals surface area contributed by atoms with Crippen molar-refractivity contribution in [2.75, 3.05) is 13.7 Å². The lowest BCUT2D eigenvalue weighted by molar-refractivity contribution is 0.00870. The first-order chi connectivity index (χ1) is 9.28. The lowest BCUT2D eigenvalue weighted by Gasteiger charge is -2.24. The van der Waals surface area contributed by atoms with Crippen molar-refractivity contribution in [3.63, 3.8) is 0 Å². The van der Waals surface area contributed by atoms with Crippen molar-refractivity contribution in [2.45, 2.75) is 50.7 Å². The first-order valence-electron chi connectivity index (χ1n) is 7.16. The topological polar surface area (TPSA) is 34.1 Å². The van der Waals surface area contributed by atoms with Crippen molar-refractivity contribution in [3.8, 4) is 0 Å². The molecule has 1 aliphatic rings. The summed E-state index contributed by atoms with van der Waals surface area (Å²) in [5.41, 5.74) is 1.28. The van der Waals surface area contributed by atoms with E-state index in [-0.39, 0.29) is 0 Å². The molecular formula is C15H23BrN2O. The van der Waals surface area contributed by atoms with E-state index in [2.05, 4.69) is 32.3 Å². The molecular weight excluding hydrogens is 304 g/mol. The summed E-state index contributed by atoms with van der Waals surface area (Å²) in [5.74, 6) is 0. The maximum Gasteiger partial charge on any atom is 0.0575 e. The highest BCUT2D eigenvalue weighted by Crippen LogP contribution is 2.19. The van der Waals surface area contributed by atoms with Crippen LogP contribution in [-0.2, 0) is 11.2 Å². The second-order valence-corrected chi connectivity index (χ2v) is 6.18. The molecule has 0 aliphatic carbocycles. The van der Waals surface area contributed by atoms with Crippen LogP contribution in [0.4, 0.5) is 0 Å². The van der Waals surface area contributed by atoms with Gasteiger partial charge in [-0.3, -0.25) is 4.98 Å². The van der Waals surface area contributed by atoms with Gasteiger partial charge in [0.15, 0.2) is 0 Å². The van der Waals surface area contributed by atoms with E-state index in [1.54, 1.807) is 0 Å². The van der Waals surface area contributed by atoms with E-state index in [1.165, 1.54) is 24.8 Å². The number of nitrogens with zero attached hydrogens (tertiary/aromatic N) is 1. The van der Waals surface area contributed by atoms with Crippen molar-refractivity contribution in [1.29, 1.82) is 0 Å². The number of halogens is 1. The highest BCUT2D eigenvalue weighted by Gasteiger charge is 2.16. The van der Waals surface area contributed by atoms with Gasteiger partial charge in [0.05, 0.1) is 6.10 Å². The van der Waals surface area contributed by atoms with Gasteiger partial charge in [-0.15, -0.1) is 0 Å². The zero-order valence-electron chi connectivity index (χ0n) is 11.6. The van der Waals surface area contributed by atoms with Gasteiger partial charge in [0.25, 0.3) is 0 Å². The molecule has 0 saturated carbocycles. The minimum Gasteiger partial charge on any atom is -0.378 e. The summed E-state index contributed by atoms with van der Waals surface area (Å²) in [5, 5.41) is 3.41. The van der Waals surface area contributed by atoms with Gasteiger partial charge in [0, 0.05) is 29.5 Å². The molecule has 0 amide bonds. The standard InChI is InChI=1S/C15H23BrN2O/c1-17-14(5-6-15-4-2-3-7-19-15)9-12-8-13(16)11-18-10-12/h8,10-11,14-15,17H,2-7,9H2,1H3. The molecule has 19 heavy (non-hydrogen) atoms. The van der Waals surface area contributed by atoms with E-state index >= 15 is 0 Å². The third-order valence-electron chi connectivity index (χ3n) is 3.76. The van der Waals surface area contributed by atoms with Crippen molar-refractivity contribution in [2.24, 2.45) is 0 Å². The van der Waals surface area contributed by atoms with Crippen molar-refractivity contribution in [1.82, 2.24) is 10.3 Å². The van der Waals surface area contributed by atoms with Crippen LogP contribution in [0.15, 0.2) is 22.9 Å². The number of nitrogens with one attached hydrogen (secondary N) is 1. The quantitative estimate of drug-likeness (QED) is 0.870. The van der Waals surface area contributed by atoms with Crippen LogP contribution < -0.4 is 5.32 Å². The Balaban J connectivity index is 1.79. The predicted octanol–water partition coefficient (Wildman–Crippen LogP) is 3.32. The summed E-state index contributed by atoms with van der Waals surface area (Å²) in [6.45, 7) is 0.949. The van der Waals surface area contributed by atoms with E-state index in [9.17, 15) is 0 Å². The maximum atomic E-state index is 5.79. The van der Waals surface area contributed by atoms with Crippen LogP contribution in [0, 0.1) is 0 Å². The van der Waals surface area contributed by atoms with E-state index < -0.39 is 0 Å². The molecule has 1 N–H and O–H groups in total. The molecule has 106 valence electrons. The van der Waals surface area contributed by atoms with Gasteiger partial charge in [-0.05, 0) is 73.1 Å². The number of hydrogen-bond acceptors (Lipinski definition) is 3. The summed E-state index contributed by atoms with van der Waals surface area (Å²) >= 11 is 3.47. The number of rotatable bonds is 6. The van der Waals surface area contributed by atoms with Gasteiger partial charge in [-0.2, -0.15) is 0 Å². The number of hydrogen-bond donors (Lipinski definition) is 1. The number of likely N-dealkylation sites (N-methyl/N-ethyl adjacent to an activating group) is 1. The Morgan fingerprint density at radius 3 is 3.05 bits per heavy atom. The monoisotopic (exact) mass is 326 g/mol. The molecule has 1 aromatic heterocycles. The van der Waals surface area contributed by atoms with E-state index in [0.29, 0.717) is 12.1 Å². The van der Waals surface area contributed by atoms with Gasteiger partial charge < -0.3 is 10.1 Å². The van der Waals surface area contributed by atoms with Gasteiger partial charge in [-0.1, -0.05) is 0 Å². The number of aromatic nitrogens is 1. The van der Waals surface area contributed by atoms with Gasteiger partial charge in [0.1, 0.15) is 0 Å². The predicted molar refractivity (Wildman–Crippen MR) is 81.3 cm³/mol. The molecule has 0 aromatic carbocycles. The van der Waals surface area contributed by atoms with Crippen molar-refractivity contribution >= 4 is 15.9 Å². The van der Waals surface area contributed by atoms with Crippen LogP contribution in [0.5, 0.6) is 0 Å². The SMILES string of the molecule is CNC(CCC1CCCCO1)Cc1cncc(Br)c1. The molecule has 2 unspecified atom stereocenters. The number of ether oxygens (including phenoxy) is 1. The average molecular weight is 327 g/mol. The first-order valence-corrected chi connectivity index (χ1v) is 7.95. The molecule has 3 nitrogen and oxygen atoms in total. The fourth-order valence-corrected chi connectivity index (χ4v) is 3.03. The smallest absolute Gasteiger partial charge is 0.0575 e. The summed E-state index contributed by atoms with van der Waals surface area (Å²) < 4.78 is 6.85. The minimum absolute atomic E-state index is 0.477. The third-order valence-corrected chi connectivity index (χ3v) is 4.20. The first kappa shape index (κ1) is 14.9. The van der Waals surface area contributed by atoms with Crippen molar-refractivity contribution < 1.29 is 4.74 Å². The molecule has 0 bridgehead atoms. The summed E-state index contributed by atoms with van der Waals surface area (Å²) in [4.78, 5) is 4.22. The van der Waals surface area contributed by atoms with Gasteiger partial charge in [0.2, 0.25) is 0 Å². The number of pyridine rings is 1. The fourth-order valence-electron chi connectivity index (χ4n) is 2.62. The van der Waals surface area contributed by atoms with Crippen LogP contribution in [0.1, 0.15) is 37.7 Å². The van der Waals surface area contributed by atoms with Crippen molar-refractivity contribution in [3.05, 3.63) is 28.5 Å². The van der Waals surface area contributed by atoms with Gasteiger partial charge in [-0.25, -0.2) is 0 Å². The zero-order valence-corrected chi connectivity index (χ0v) is 13.2. The van der Waals surface area contributed by atoms with E-state index in [0.717, 1.165) is 30.3 Å². The second kappa shape index (κ2) is 7.98. The molecule has 2 rings (SSSR count). The highest BCUT2D eigenvalue weighted by molar-refractivity contribution is 9.10. The van der Waals surface area contributed by atoms with Crippen LogP contribution in [0.3, 0.4) is 0 Å². The molecule has 4 heteroatoms. The molecule has 2 heterocycles. The largest absolute Gasteiger partial charge is 0.378 e. The van der Waals surface area contributed by atoms with Crippen LogP contribution >= 0.6 is 15.9 Å². The van der Waals surface area contributed by atoms with E-state index in [4.69, 9.17) is 4.74 Å². The molecule has 1 aromatic rings. The Hall–Kier alpha value is -0.450. The Bertz CT molecular complexity index is 380. The highest BCUT2D eigenvalue weighted by atomic mass is 79.9. The molecule has 1 aliphatic heterocycles. The lowest BCUT2D eigenvalue weighted by Crippen LogP contribution is -2.30. The van der Waals surface area contributed by atoms with Gasteiger partial charge >= 0.3 is 0 Å². The van der Waals surface area contributed by atoms with Crippen LogP contribution in [0.2, 0.25) is 0 Å². The zero-order chi connectivity index (χ0) is 13.5. The summed E-state index contributed by atoms with van der Waals surface area (Å²) in [6.07, 6.45) is 11.4. The molecule has 0 spiro atoms. The minimum atomic E-state index is 0.477. The van der Waals surface area contributed by atoms with E-state index in [1.807, 2.05) is 19.4 Å². The molecule has 1 saturated heterocycles. The Kier molecular flexibility index (Phi) is 6.28. The molecule has 1 fully saturated rings. The molecule has 2 atom stereocenters. The maximum absolute atomic E-state index is 5.79. The Morgan fingerprint density at radius 2 is 2.37 bits per heavy atom. The average Bonchev–Trinajstić information content (AvgIpc) is 2.44. The summed E-state index contributed by atoms with van der Waals surface area (Å²) in [6, 6.07) is 2.65. The lowest BCUT2D eigenvalue weighted by atomic mass is 9.98. The second-order valence-electron chi connectivity index (χ2n) is 5.27. The summed E-state index contributed by atoms with van der Waals surface area (Å²) in [7, 11) is 2.04. The Labute approximate surface area is 124 Å². The fraction of sp³-hybridized carbons (Fsp3) is 0.667. The third kappa shape index (κ3) is 5.21. The molecule has 0 radical (unpaired) electrons. The Morgan fingerprint density at radius 1 is 1.47 bits per heavy atom. The van der Waals surface area contributed by atoms with Crippen LogP contribution in [-0.4, -0.2) is 30.8 Å². The van der Waals surface area contributed by atoms with Crippen LogP contribution in [0.25, 0.3) is 0 Å². The normalized spacial score (nSPS) is 21.3.